The lowest BCUT2D eigenvalue weighted by Crippen LogP contribution is -2.49. The normalized spacial score (nSPS) is 20.4. The van der Waals surface area contributed by atoms with Crippen LogP contribution in [0.1, 0.15) is 12.6 Å². The number of rotatable bonds is 2. The van der Waals surface area contributed by atoms with Crippen LogP contribution in [-0.4, -0.2) is 35.6 Å². The molecular formula is C11H16N4O2. The average molecular weight is 236 g/mol. The van der Waals surface area contributed by atoms with E-state index in [9.17, 15) is 10.1 Å². The second kappa shape index (κ2) is 4.67. The van der Waals surface area contributed by atoms with Gasteiger partial charge < -0.3 is 10.2 Å². The molecule has 1 atom stereocenters. The van der Waals surface area contributed by atoms with Crippen molar-refractivity contribution in [3.63, 3.8) is 0 Å². The van der Waals surface area contributed by atoms with Crippen molar-refractivity contribution in [2.75, 3.05) is 24.5 Å². The van der Waals surface area contributed by atoms with E-state index >= 15 is 0 Å². The van der Waals surface area contributed by atoms with Gasteiger partial charge in [-0.1, -0.05) is 0 Å². The lowest BCUT2D eigenvalue weighted by molar-refractivity contribution is -0.384. The first-order valence-corrected chi connectivity index (χ1v) is 5.68. The Kier molecular flexibility index (Phi) is 3.23. The van der Waals surface area contributed by atoms with Crippen LogP contribution in [0.2, 0.25) is 0 Å². The van der Waals surface area contributed by atoms with Crippen molar-refractivity contribution in [2.24, 2.45) is 0 Å². The number of hydrogen-bond donors (Lipinski definition) is 1. The van der Waals surface area contributed by atoms with Crippen LogP contribution in [0.15, 0.2) is 12.1 Å². The predicted octanol–water partition coefficient (Wildman–Crippen LogP) is 1.10. The van der Waals surface area contributed by atoms with Crippen molar-refractivity contribution < 1.29 is 4.92 Å². The molecule has 0 unspecified atom stereocenters. The summed E-state index contributed by atoms with van der Waals surface area (Å²) in [5.41, 5.74) is 0.890. The van der Waals surface area contributed by atoms with E-state index in [1.807, 2.05) is 11.8 Å². The molecule has 1 aliphatic rings. The summed E-state index contributed by atoms with van der Waals surface area (Å²) in [7, 11) is 0. The lowest BCUT2D eigenvalue weighted by Gasteiger charge is -2.32. The minimum absolute atomic E-state index is 0.0877. The van der Waals surface area contributed by atoms with Gasteiger partial charge in [-0.25, -0.2) is 4.98 Å². The van der Waals surface area contributed by atoms with Crippen LogP contribution in [0.5, 0.6) is 0 Å². The van der Waals surface area contributed by atoms with Crippen molar-refractivity contribution in [2.45, 2.75) is 19.9 Å². The third-order valence-electron chi connectivity index (χ3n) is 2.86. The zero-order valence-corrected chi connectivity index (χ0v) is 10.0. The highest BCUT2D eigenvalue weighted by Gasteiger charge is 2.24. The molecule has 1 saturated heterocycles. The second-order valence-electron chi connectivity index (χ2n) is 4.35. The summed E-state index contributed by atoms with van der Waals surface area (Å²) in [5.74, 6) is 0.489. The van der Waals surface area contributed by atoms with Gasteiger partial charge in [0.05, 0.1) is 4.92 Å². The van der Waals surface area contributed by atoms with Gasteiger partial charge in [0.2, 0.25) is 5.82 Å². The summed E-state index contributed by atoms with van der Waals surface area (Å²) in [6.07, 6.45) is 0. The van der Waals surface area contributed by atoms with E-state index in [-0.39, 0.29) is 10.6 Å². The third-order valence-corrected chi connectivity index (χ3v) is 2.86. The molecule has 0 aliphatic carbocycles. The quantitative estimate of drug-likeness (QED) is 0.615. The van der Waals surface area contributed by atoms with Gasteiger partial charge >= 0.3 is 5.69 Å². The molecule has 0 amide bonds. The largest absolute Gasteiger partial charge is 0.348 e. The van der Waals surface area contributed by atoms with E-state index < -0.39 is 0 Å². The van der Waals surface area contributed by atoms with Crippen molar-refractivity contribution in [1.29, 1.82) is 0 Å². The molecule has 6 nitrogen and oxygen atoms in total. The standard InChI is InChI=1S/C11H16N4O2/c1-8-3-4-10(15(16)17)11(13-8)14-6-5-12-9(2)7-14/h3-4,9,12H,5-7H2,1-2H3/t9-/m1/s1. The average Bonchev–Trinajstić information content (AvgIpc) is 2.28. The summed E-state index contributed by atoms with van der Waals surface area (Å²) in [4.78, 5) is 16.9. The molecule has 0 spiro atoms. The van der Waals surface area contributed by atoms with Crippen LogP contribution >= 0.6 is 0 Å². The number of hydrogen-bond acceptors (Lipinski definition) is 5. The van der Waals surface area contributed by atoms with Crippen molar-refractivity contribution in [3.8, 4) is 0 Å². The number of nitro groups is 1. The fourth-order valence-corrected chi connectivity index (χ4v) is 2.04. The Labute approximate surface area is 99.8 Å². The van der Waals surface area contributed by atoms with Crippen molar-refractivity contribution >= 4 is 11.5 Å². The summed E-state index contributed by atoms with van der Waals surface area (Å²) < 4.78 is 0. The molecule has 92 valence electrons. The number of pyridine rings is 1. The zero-order valence-electron chi connectivity index (χ0n) is 10.0. The molecular weight excluding hydrogens is 220 g/mol. The molecule has 6 heteroatoms. The molecule has 2 rings (SSSR count). The molecule has 0 aromatic carbocycles. The van der Waals surface area contributed by atoms with Gasteiger partial charge in [-0.3, -0.25) is 10.1 Å². The highest BCUT2D eigenvalue weighted by Crippen LogP contribution is 2.26. The number of aryl methyl sites for hydroxylation is 1. The molecule has 1 N–H and O–H groups in total. The molecule has 2 heterocycles. The Morgan fingerprint density at radius 2 is 2.35 bits per heavy atom. The number of piperazine rings is 1. The molecule has 1 aliphatic heterocycles. The van der Waals surface area contributed by atoms with E-state index in [1.165, 1.54) is 6.07 Å². The zero-order chi connectivity index (χ0) is 12.4. The van der Waals surface area contributed by atoms with E-state index in [2.05, 4.69) is 17.2 Å². The highest BCUT2D eigenvalue weighted by molar-refractivity contribution is 5.58. The fourth-order valence-electron chi connectivity index (χ4n) is 2.04. The summed E-state index contributed by atoms with van der Waals surface area (Å²) in [5, 5.41) is 14.3. The molecule has 0 radical (unpaired) electrons. The Balaban J connectivity index is 2.35. The van der Waals surface area contributed by atoms with Crippen LogP contribution in [0.4, 0.5) is 11.5 Å². The van der Waals surface area contributed by atoms with Crippen LogP contribution in [0, 0.1) is 17.0 Å². The first kappa shape index (κ1) is 11.8. The number of anilines is 1. The fraction of sp³-hybridized carbons (Fsp3) is 0.545. The van der Waals surface area contributed by atoms with Crippen molar-refractivity contribution in [1.82, 2.24) is 10.3 Å². The van der Waals surface area contributed by atoms with Gasteiger partial charge in [0.15, 0.2) is 0 Å². The van der Waals surface area contributed by atoms with E-state index in [1.54, 1.807) is 6.07 Å². The van der Waals surface area contributed by atoms with E-state index in [0.29, 0.717) is 11.9 Å². The van der Waals surface area contributed by atoms with Gasteiger partial charge in [-0.15, -0.1) is 0 Å². The summed E-state index contributed by atoms with van der Waals surface area (Å²) in [6, 6.07) is 3.53. The molecule has 1 aromatic heterocycles. The third kappa shape index (κ3) is 2.52. The Morgan fingerprint density at radius 3 is 3.00 bits per heavy atom. The second-order valence-corrected chi connectivity index (χ2v) is 4.35. The van der Waals surface area contributed by atoms with Crippen LogP contribution in [0.3, 0.4) is 0 Å². The van der Waals surface area contributed by atoms with E-state index in [0.717, 1.165) is 25.3 Å². The SMILES string of the molecule is Cc1ccc([N+](=O)[O-])c(N2CCN[C@H](C)C2)n1. The first-order chi connectivity index (χ1) is 8.08. The maximum Gasteiger partial charge on any atom is 0.311 e. The number of nitrogens with one attached hydrogen (secondary N) is 1. The van der Waals surface area contributed by atoms with E-state index in [4.69, 9.17) is 0 Å². The predicted molar refractivity (Wildman–Crippen MR) is 65.3 cm³/mol. The van der Waals surface area contributed by atoms with Gasteiger partial charge in [0.25, 0.3) is 0 Å². The number of nitrogens with zero attached hydrogens (tertiary/aromatic N) is 3. The minimum atomic E-state index is -0.367. The van der Waals surface area contributed by atoms with Crippen LogP contribution < -0.4 is 10.2 Å². The van der Waals surface area contributed by atoms with Gasteiger partial charge in [0, 0.05) is 37.4 Å². The molecule has 0 bridgehead atoms. The van der Waals surface area contributed by atoms with Gasteiger partial charge in [-0.2, -0.15) is 0 Å². The summed E-state index contributed by atoms with van der Waals surface area (Å²) in [6.45, 7) is 6.24. The molecule has 17 heavy (non-hydrogen) atoms. The summed E-state index contributed by atoms with van der Waals surface area (Å²) >= 11 is 0. The molecule has 0 saturated carbocycles. The maximum absolute atomic E-state index is 11.0. The minimum Gasteiger partial charge on any atom is -0.348 e. The smallest absolute Gasteiger partial charge is 0.311 e. The van der Waals surface area contributed by atoms with Crippen molar-refractivity contribution in [3.05, 3.63) is 27.9 Å². The Bertz CT molecular complexity index is 435. The highest BCUT2D eigenvalue weighted by atomic mass is 16.6. The maximum atomic E-state index is 11.0. The number of aromatic nitrogens is 1. The molecule has 1 aromatic rings. The Morgan fingerprint density at radius 1 is 1.59 bits per heavy atom. The van der Waals surface area contributed by atoms with Gasteiger partial charge in [0.1, 0.15) is 0 Å². The van der Waals surface area contributed by atoms with Gasteiger partial charge in [-0.05, 0) is 19.9 Å². The molecule has 1 fully saturated rings. The first-order valence-electron chi connectivity index (χ1n) is 5.68. The monoisotopic (exact) mass is 236 g/mol. The van der Waals surface area contributed by atoms with Crippen LogP contribution in [0.25, 0.3) is 0 Å². The topological polar surface area (TPSA) is 71.3 Å². The Hall–Kier alpha value is -1.69. The van der Waals surface area contributed by atoms with Crippen LogP contribution in [-0.2, 0) is 0 Å². The lowest BCUT2D eigenvalue weighted by atomic mass is 10.2.